The number of sulfone groups is 1. The maximum absolute atomic E-state index is 12.8. The molecule has 1 saturated heterocycles. The molecule has 1 N–H and O–H groups in total. The fourth-order valence-corrected chi connectivity index (χ4v) is 5.09. The lowest BCUT2D eigenvalue weighted by molar-refractivity contribution is 0.102. The number of nitrogens with one attached hydrogen (secondary N) is 1. The minimum Gasteiger partial charge on any atom is -0.307 e. The maximum atomic E-state index is 12.8. The molecule has 1 aromatic carbocycles. The van der Waals surface area contributed by atoms with E-state index in [0.29, 0.717) is 17.8 Å². The molecule has 0 bridgehead atoms. The van der Waals surface area contributed by atoms with E-state index in [4.69, 9.17) is 0 Å². The molecule has 0 saturated carbocycles. The molecular weight excluding hydrogens is 362 g/mol. The number of carbonyl (C=O) groups is 1. The quantitative estimate of drug-likeness (QED) is 0.872. The van der Waals surface area contributed by atoms with Gasteiger partial charge < -0.3 is 5.32 Å². The molecule has 1 amide bonds. The Morgan fingerprint density at radius 3 is 2.30 bits per heavy atom. The van der Waals surface area contributed by atoms with Gasteiger partial charge in [0.15, 0.2) is 9.84 Å². The van der Waals surface area contributed by atoms with Crippen LogP contribution in [-0.2, 0) is 15.3 Å². The molecule has 0 unspecified atom stereocenters. The predicted molar refractivity (Wildman–Crippen MR) is 107 cm³/mol. The Labute approximate surface area is 160 Å². The minimum absolute atomic E-state index is 0.0602. The molecular formula is C20H27N3O3S. The van der Waals surface area contributed by atoms with Gasteiger partial charge in [0.25, 0.3) is 5.91 Å². The SMILES string of the molecule is Cc1cc(C)cc(C(=O)Nc2cc(C(C)(C)C)nn2[C@@H]2CCS(=O)(=O)C2)c1. The first-order chi connectivity index (χ1) is 12.4. The van der Waals surface area contributed by atoms with Crippen molar-refractivity contribution in [3.8, 4) is 0 Å². The topological polar surface area (TPSA) is 81.1 Å². The molecule has 1 aliphatic heterocycles. The summed E-state index contributed by atoms with van der Waals surface area (Å²) >= 11 is 0. The van der Waals surface area contributed by atoms with Gasteiger partial charge in [-0.3, -0.25) is 4.79 Å². The third kappa shape index (κ3) is 4.40. The highest BCUT2D eigenvalue weighted by atomic mass is 32.2. The van der Waals surface area contributed by atoms with Crippen LogP contribution in [0.25, 0.3) is 0 Å². The summed E-state index contributed by atoms with van der Waals surface area (Å²) in [7, 11) is -3.05. The van der Waals surface area contributed by atoms with E-state index in [0.717, 1.165) is 16.8 Å². The summed E-state index contributed by atoms with van der Waals surface area (Å²) in [6, 6.07) is 7.30. The number of aromatic nitrogens is 2. The van der Waals surface area contributed by atoms with Crippen molar-refractivity contribution in [1.29, 1.82) is 0 Å². The standard InChI is InChI=1S/C20H27N3O3S/c1-13-8-14(2)10-15(9-13)19(24)21-18-11-17(20(3,4)5)22-23(18)16-6-7-27(25,26)12-16/h8-11,16H,6-7,12H2,1-5H3,(H,21,24)/t16-/m1/s1. The first-order valence-electron chi connectivity index (χ1n) is 9.15. The summed E-state index contributed by atoms with van der Waals surface area (Å²) in [6.07, 6.45) is 0.514. The van der Waals surface area contributed by atoms with E-state index in [-0.39, 0.29) is 28.9 Å². The molecule has 3 rings (SSSR count). The van der Waals surface area contributed by atoms with Gasteiger partial charge in [0.2, 0.25) is 0 Å². The summed E-state index contributed by atoms with van der Waals surface area (Å²) in [5.41, 5.74) is 3.23. The zero-order valence-corrected chi connectivity index (χ0v) is 17.4. The van der Waals surface area contributed by atoms with Crippen molar-refractivity contribution in [2.24, 2.45) is 0 Å². The highest BCUT2D eigenvalue weighted by Crippen LogP contribution is 2.31. The summed E-state index contributed by atoms with van der Waals surface area (Å²) < 4.78 is 25.5. The number of nitrogens with zero attached hydrogens (tertiary/aromatic N) is 2. The Balaban J connectivity index is 1.96. The number of rotatable bonds is 3. The third-order valence-corrected chi connectivity index (χ3v) is 6.53. The van der Waals surface area contributed by atoms with Crippen LogP contribution >= 0.6 is 0 Å². The first kappa shape index (κ1) is 19.6. The second-order valence-electron chi connectivity index (χ2n) is 8.50. The molecule has 6 nitrogen and oxygen atoms in total. The highest BCUT2D eigenvalue weighted by molar-refractivity contribution is 7.91. The van der Waals surface area contributed by atoms with Gasteiger partial charge in [-0.15, -0.1) is 0 Å². The summed E-state index contributed by atoms with van der Waals surface area (Å²) in [5.74, 6) is 0.549. The molecule has 27 heavy (non-hydrogen) atoms. The van der Waals surface area contributed by atoms with Gasteiger partial charge in [0.05, 0.1) is 23.2 Å². The summed E-state index contributed by atoms with van der Waals surface area (Å²) in [4.78, 5) is 12.8. The Hall–Kier alpha value is -2.15. The lowest BCUT2D eigenvalue weighted by Crippen LogP contribution is -2.20. The molecule has 2 aromatic rings. The van der Waals surface area contributed by atoms with Gasteiger partial charge in [-0.2, -0.15) is 5.10 Å². The zero-order valence-electron chi connectivity index (χ0n) is 16.5. The molecule has 1 aliphatic rings. The van der Waals surface area contributed by atoms with Crippen LogP contribution in [0.4, 0.5) is 5.82 Å². The Bertz CT molecular complexity index is 964. The average molecular weight is 390 g/mol. The van der Waals surface area contributed by atoms with E-state index in [9.17, 15) is 13.2 Å². The van der Waals surface area contributed by atoms with Crippen molar-refractivity contribution in [2.75, 3.05) is 16.8 Å². The zero-order chi connectivity index (χ0) is 20.0. The Morgan fingerprint density at radius 1 is 1.15 bits per heavy atom. The second kappa shape index (κ2) is 6.78. The van der Waals surface area contributed by atoms with Crippen molar-refractivity contribution < 1.29 is 13.2 Å². The van der Waals surface area contributed by atoms with E-state index in [1.165, 1.54) is 0 Å². The number of aryl methyl sites for hydroxylation is 2. The van der Waals surface area contributed by atoms with Crippen molar-refractivity contribution in [2.45, 2.75) is 52.5 Å². The molecule has 0 radical (unpaired) electrons. The lowest BCUT2D eigenvalue weighted by atomic mass is 9.92. The molecule has 1 aromatic heterocycles. The number of hydrogen-bond acceptors (Lipinski definition) is 4. The van der Waals surface area contributed by atoms with E-state index >= 15 is 0 Å². The normalized spacial score (nSPS) is 19.2. The van der Waals surface area contributed by atoms with Gasteiger partial charge in [-0.25, -0.2) is 13.1 Å². The number of hydrogen-bond donors (Lipinski definition) is 1. The van der Waals surface area contributed by atoms with Crippen LogP contribution in [0.1, 0.15) is 60.4 Å². The molecule has 146 valence electrons. The van der Waals surface area contributed by atoms with Crippen LogP contribution in [0, 0.1) is 13.8 Å². The first-order valence-corrected chi connectivity index (χ1v) is 11.0. The van der Waals surface area contributed by atoms with Crippen molar-refractivity contribution in [1.82, 2.24) is 9.78 Å². The Kier molecular flexibility index (Phi) is 4.93. The van der Waals surface area contributed by atoms with Gasteiger partial charge in [-0.05, 0) is 32.4 Å². The van der Waals surface area contributed by atoms with Gasteiger partial charge in [-0.1, -0.05) is 38.0 Å². The molecule has 1 fully saturated rings. The van der Waals surface area contributed by atoms with E-state index in [1.54, 1.807) is 4.68 Å². The Morgan fingerprint density at radius 2 is 1.78 bits per heavy atom. The molecule has 0 aliphatic carbocycles. The van der Waals surface area contributed by atoms with Crippen molar-refractivity contribution in [3.05, 3.63) is 46.6 Å². The molecule has 1 atom stereocenters. The predicted octanol–water partition coefficient (Wildman–Crippen LogP) is 3.41. The van der Waals surface area contributed by atoms with Crippen LogP contribution < -0.4 is 5.32 Å². The molecule has 7 heteroatoms. The fraction of sp³-hybridized carbons (Fsp3) is 0.500. The largest absolute Gasteiger partial charge is 0.307 e. The smallest absolute Gasteiger partial charge is 0.256 e. The average Bonchev–Trinajstić information content (AvgIpc) is 3.09. The van der Waals surface area contributed by atoms with E-state index in [1.807, 2.05) is 58.9 Å². The molecule has 0 spiro atoms. The van der Waals surface area contributed by atoms with Crippen LogP contribution in [-0.4, -0.2) is 35.6 Å². The number of benzene rings is 1. The molecule has 2 heterocycles. The number of anilines is 1. The van der Waals surface area contributed by atoms with E-state index in [2.05, 4.69) is 10.4 Å². The highest BCUT2D eigenvalue weighted by Gasteiger charge is 2.33. The number of amides is 1. The maximum Gasteiger partial charge on any atom is 0.256 e. The summed E-state index contributed by atoms with van der Waals surface area (Å²) in [6.45, 7) is 10.0. The van der Waals surface area contributed by atoms with Gasteiger partial charge in [0.1, 0.15) is 5.82 Å². The van der Waals surface area contributed by atoms with Gasteiger partial charge >= 0.3 is 0 Å². The van der Waals surface area contributed by atoms with Crippen LogP contribution in [0.3, 0.4) is 0 Å². The van der Waals surface area contributed by atoms with E-state index < -0.39 is 9.84 Å². The summed E-state index contributed by atoms with van der Waals surface area (Å²) in [5, 5.41) is 7.59. The van der Waals surface area contributed by atoms with Crippen LogP contribution in [0.5, 0.6) is 0 Å². The second-order valence-corrected chi connectivity index (χ2v) is 10.7. The third-order valence-electron chi connectivity index (χ3n) is 4.78. The minimum atomic E-state index is -3.05. The van der Waals surface area contributed by atoms with Crippen molar-refractivity contribution >= 4 is 21.6 Å². The monoisotopic (exact) mass is 389 g/mol. The fourth-order valence-electron chi connectivity index (χ4n) is 3.40. The van der Waals surface area contributed by atoms with Crippen molar-refractivity contribution in [3.63, 3.8) is 0 Å². The van der Waals surface area contributed by atoms with Gasteiger partial charge in [0, 0.05) is 17.0 Å². The number of carbonyl (C=O) groups excluding carboxylic acids is 1. The van der Waals surface area contributed by atoms with Crippen LogP contribution in [0.2, 0.25) is 0 Å². The van der Waals surface area contributed by atoms with Crippen LogP contribution in [0.15, 0.2) is 24.3 Å². The lowest BCUT2D eigenvalue weighted by Gasteiger charge is -2.15.